The Labute approximate surface area is 210 Å². The third kappa shape index (κ3) is 6.50. The Kier molecular flexibility index (Phi) is 7.97. The number of nitrogen functional groups attached to an aromatic ring is 2. The number of aliphatic hydroxyl groups is 1. The molecule has 0 saturated carbocycles. The molecule has 3 aromatic rings. The largest absolute Gasteiger partial charge is 0.478 e. The van der Waals surface area contributed by atoms with Gasteiger partial charge in [-0.3, -0.25) is 4.55 Å². The molecular formula is C21H20N6O8S2. The van der Waals surface area contributed by atoms with Crippen molar-refractivity contribution in [2.24, 2.45) is 20.5 Å². The van der Waals surface area contributed by atoms with Crippen molar-refractivity contribution in [1.82, 2.24) is 0 Å². The van der Waals surface area contributed by atoms with Crippen molar-refractivity contribution in [2.75, 3.05) is 23.8 Å². The molecule has 0 saturated heterocycles. The van der Waals surface area contributed by atoms with E-state index >= 15 is 0 Å². The Morgan fingerprint density at radius 1 is 0.838 bits per heavy atom. The lowest BCUT2D eigenvalue weighted by Gasteiger charge is -2.10. The van der Waals surface area contributed by atoms with Crippen LogP contribution in [0.3, 0.4) is 0 Å². The molecule has 0 amide bonds. The van der Waals surface area contributed by atoms with Crippen molar-refractivity contribution in [3.63, 3.8) is 0 Å². The number of aromatic carboxylic acids is 1. The molecule has 194 valence electrons. The molecule has 0 bridgehead atoms. The molecule has 0 aliphatic heterocycles. The van der Waals surface area contributed by atoms with E-state index in [1.807, 2.05) is 0 Å². The second-order valence-electron chi connectivity index (χ2n) is 7.34. The summed E-state index contributed by atoms with van der Waals surface area (Å²) in [5, 5.41) is 33.4. The van der Waals surface area contributed by atoms with Crippen LogP contribution in [0.4, 0.5) is 34.1 Å². The Hall–Kier alpha value is -4.25. The summed E-state index contributed by atoms with van der Waals surface area (Å²) in [5.74, 6) is -1.65. The van der Waals surface area contributed by atoms with Gasteiger partial charge in [0.05, 0.1) is 45.6 Å². The lowest BCUT2D eigenvalue weighted by atomic mass is 10.2. The van der Waals surface area contributed by atoms with Gasteiger partial charge in [-0.1, -0.05) is 6.07 Å². The molecule has 0 heterocycles. The number of aliphatic hydroxyl groups excluding tert-OH is 1. The topological polar surface area (TPSA) is 248 Å². The molecule has 0 spiro atoms. The van der Waals surface area contributed by atoms with Crippen molar-refractivity contribution in [3.05, 3.63) is 60.2 Å². The molecule has 0 aliphatic carbocycles. The van der Waals surface area contributed by atoms with Crippen LogP contribution in [0.15, 0.2) is 84.8 Å². The smallest absolute Gasteiger partial charge is 0.335 e. The SMILES string of the molecule is Nc1c(N=Nc2cccc(C(=O)O)c2)cc(S(=O)(=O)O)c(N)c1N=Nc1ccc(S(=O)(=O)CCO)cc1. The number of carboxylic acid groups (broad SMARTS) is 1. The first-order valence-corrected chi connectivity index (χ1v) is 13.2. The van der Waals surface area contributed by atoms with Crippen LogP contribution in [0.1, 0.15) is 10.4 Å². The molecular weight excluding hydrogens is 528 g/mol. The van der Waals surface area contributed by atoms with Gasteiger partial charge in [-0.25, -0.2) is 13.2 Å². The maximum absolute atomic E-state index is 12.0. The Balaban J connectivity index is 2.04. The maximum atomic E-state index is 12.0. The molecule has 16 heteroatoms. The zero-order chi connectivity index (χ0) is 27.4. The molecule has 0 fully saturated rings. The normalized spacial score (nSPS) is 12.4. The van der Waals surface area contributed by atoms with E-state index in [2.05, 4.69) is 20.5 Å². The standard InChI is InChI=1S/C21H20N6O8S2/c22-18-16(26-25-14-3-1-2-12(10-14)21(29)30)11-17(37(33,34)35)19(23)20(18)27-24-13-4-6-15(7-5-13)36(31,32)9-8-28/h1-7,10-11,28H,8-9,22-23H2,(H,29,30)(H,33,34,35). The van der Waals surface area contributed by atoms with Gasteiger partial charge in [0.25, 0.3) is 10.1 Å². The lowest BCUT2D eigenvalue weighted by Crippen LogP contribution is -2.09. The first-order chi connectivity index (χ1) is 17.3. The van der Waals surface area contributed by atoms with Gasteiger partial charge in [-0.05, 0) is 48.5 Å². The summed E-state index contributed by atoms with van der Waals surface area (Å²) in [4.78, 5) is 10.3. The second kappa shape index (κ2) is 10.8. The van der Waals surface area contributed by atoms with Gasteiger partial charge >= 0.3 is 5.97 Å². The average molecular weight is 549 g/mol. The van der Waals surface area contributed by atoms with E-state index in [9.17, 15) is 26.2 Å². The summed E-state index contributed by atoms with van der Waals surface area (Å²) < 4.78 is 57.4. The van der Waals surface area contributed by atoms with Crippen molar-refractivity contribution in [2.45, 2.75) is 9.79 Å². The molecule has 14 nitrogen and oxygen atoms in total. The zero-order valence-electron chi connectivity index (χ0n) is 18.8. The van der Waals surface area contributed by atoms with Crippen LogP contribution >= 0.6 is 0 Å². The van der Waals surface area contributed by atoms with E-state index in [0.29, 0.717) is 0 Å². The fourth-order valence-electron chi connectivity index (χ4n) is 2.95. The molecule has 37 heavy (non-hydrogen) atoms. The number of nitrogens with zero attached hydrogens (tertiary/aromatic N) is 4. The van der Waals surface area contributed by atoms with Crippen LogP contribution < -0.4 is 11.5 Å². The van der Waals surface area contributed by atoms with Crippen LogP contribution in [0, 0.1) is 0 Å². The highest BCUT2D eigenvalue weighted by Crippen LogP contribution is 2.43. The van der Waals surface area contributed by atoms with E-state index in [-0.39, 0.29) is 38.9 Å². The number of rotatable bonds is 9. The second-order valence-corrected chi connectivity index (χ2v) is 10.8. The minimum absolute atomic E-state index is 0.0532. The number of sulfone groups is 1. The van der Waals surface area contributed by atoms with Crippen LogP contribution in [0.2, 0.25) is 0 Å². The molecule has 0 aromatic heterocycles. The predicted molar refractivity (Wildman–Crippen MR) is 132 cm³/mol. The van der Waals surface area contributed by atoms with E-state index in [0.717, 1.165) is 6.07 Å². The van der Waals surface area contributed by atoms with Crippen molar-refractivity contribution in [1.29, 1.82) is 0 Å². The molecule has 7 N–H and O–H groups in total. The van der Waals surface area contributed by atoms with E-state index < -0.39 is 48.9 Å². The molecule has 3 rings (SSSR count). The van der Waals surface area contributed by atoms with Crippen LogP contribution in [-0.2, 0) is 20.0 Å². The van der Waals surface area contributed by atoms with Crippen molar-refractivity contribution < 1.29 is 36.4 Å². The van der Waals surface area contributed by atoms with Gasteiger partial charge in [0.1, 0.15) is 16.3 Å². The van der Waals surface area contributed by atoms with Gasteiger partial charge in [-0.2, -0.15) is 18.6 Å². The monoisotopic (exact) mass is 548 g/mol. The summed E-state index contributed by atoms with van der Waals surface area (Å²) in [6.07, 6.45) is 0. The number of azo groups is 2. The lowest BCUT2D eigenvalue weighted by molar-refractivity contribution is 0.0697. The van der Waals surface area contributed by atoms with Gasteiger partial charge in [0, 0.05) is 0 Å². The maximum Gasteiger partial charge on any atom is 0.335 e. The summed E-state index contributed by atoms with van der Waals surface area (Å²) in [5.41, 5.74) is 10.7. The highest BCUT2D eigenvalue weighted by Gasteiger charge is 2.22. The van der Waals surface area contributed by atoms with Gasteiger partial charge in [-0.15, -0.1) is 10.2 Å². The minimum Gasteiger partial charge on any atom is -0.478 e. The average Bonchev–Trinajstić information content (AvgIpc) is 2.83. The third-order valence-electron chi connectivity index (χ3n) is 4.79. The first-order valence-electron chi connectivity index (χ1n) is 10.1. The van der Waals surface area contributed by atoms with Crippen molar-refractivity contribution in [3.8, 4) is 0 Å². The predicted octanol–water partition coefficient (Wildman–Crippen LogP) is 3.39. The third-order valence-corrected chi connectivity index (χ3v) is 7.39. The number of carboxylic acids is 1. The number of hydrogen-bond donors (Lipinski definition) is 5. The Bertz CT molecular complexity index is 1620. The van der Waals surface area contributed by atoms with Crippen molar-refractivity contribution >= 4 is 60.0 Å². The van der Waals surface area contributed by atoms with Crippen LogP contribution in [0.25, 0.3) is 0 Å². The number of benzene rings is 3. The van der Waals surface area contributed by atoms with Gasteiger partial charge in [0.2, 0.25) is 0 Å². The quantitative estimate of drug-likeness (QED) is 0.148. The van der Waals surface area contributed by atoms with E-state index in [1.54, 1.807) is 0 Å². The summed E-state index contributed by atoms with van der Waals surface area (Å²) in [6, 6.07) is 11.4. The number of nitrogens with two attached hydrogens (primary N) is 2. The zero-order valence-corrected chi connectivity index (χ0v) is 20.4. The fraction of sp³-hybridized carbons (Fsp3) is 0.0952. The van der Waals surface area contributed by atoms with E-state index in [1.165, 1.54) is 48.5 Å². The highest BCUT2D eigenvalue weighted by atomic mass is 32.2. The Morgan fingerprint density at radius 2 is 1.49 bits per heavy atom. The molecule has 3 aromatic carbocycles. The number of carbonyl (C=O) groups is 1. The first kappa shape index (κ1) is 27.3. The summed E-state index contributed by atoms with van der Waals surface area (Å²) in [7, 11) is -8.54. The summed E-state index contributed by atoms with van der Waals surface area (Å²) >= 11 is 0. The summed E-state index contributed by atoms with van der Waals surface area (Å²) in [6.45, 7) is -0.545. The minimum atomic E-state index is -4.86. The van der Waals surface area contributed by atoms with Crippen LogP contribution in [0.5, 0.6) is 0 Å². The van der Waals surface area contributed by atoms with Gasteiger partial charge in [0.15, 0.2) is 9.84 Å². The van der Waals surface area contributed by atoms with Crippen LogP contribution in [-0.4, -0.2) is 49.9 Å². The Morgan fingerprint density at radius 3 is 2.08 bits per heavy atom. The fourth-order valence-corrected chi connectivity index (χ4v) is 4.61. The molecule has 0 atom stereocenters. The van der Waals surface area contributed by atoms with E-state index in [4.69, 9.17) is 21.7 Å². The number of hydrogen-bond acceptors (Lipinski definition) is 12. The molecule has 0 radical (unpaired) electrons. The highest BCUT2D eigenvalue weighted by molar-refractivity contribution is 7.91. The van der Waals surface area contributed by atoms with Gasteiger partial charge < -0.3 is 21.7 Å². The molecule has 0 unspecified atom stereocenters. The number of anilines is 2. The molecule has 0 aliphatic rings.